The number of aromatic amines is 1. The molecular weight excluding hydrogens is 350 g/mol. The first-order chi connectivity index (χ1) is 12.5. The van der Waals surface area contributed by atoms with Crippen molar-refractivity contribution in [3.63, 3.8) is 0 Å². The summed E-state index contributed by atoms with van der Waals surface area (Å²) < 4.78 is 1.53. The molecule has 1 N–H and O–H groups in total. The van der Waals surface area contributed by atoms with Gasteiger partial charge in [-0.25, -0.2) is 9.78 Å². The van der Waals surface area contributed by atoms with E-state index in [1.165, 1.54) is 21.8 Å². The minimum absolute atomic E-state index is 0.118. The van der Waals surface area contributed by atoms with Gasteiger partial charge >= 0.3 is 0 Å². The predicted molar refractivity (Wildman–Crippen MR) is 101 cm³/mol. The Hall–Kier alpha value is -2.87. The molecule has 1 aromatic carbocycles. The SMILES string of the molecule is CSc1ccc(CN(C)C(=O)c2cnn(-c3ccc(=O)[nH]n3)c2C)cc1. The normalized spacial score (nSPS) is 10.7. The van der Waals surface area contributed by atoms with Gasteiger partial charge in [0.25, 0.3) is 11.5 Å². The fraction of sp³-hybridized carbons (Fsp3) is 0.222. The molecule has 2 aromatic heterocycles. The van der Waals surface area contributed by atoms with Crippen molar-refractivity contribution in [2.75, 3.05) is 13.3 Å². The summed E-state index contributed by atoms with van der Waals surface area (Å²) in [7, 11) is 1.76. The maximum absolute atomic E-state index is 12.8. The number of carbonyl (C=O) groups excluding carboxylic acids is 1. The first-order valence-electron chi connectivity index (χ1n) is 7.98. The van der Waals surface area contributed by atoms with E-state index in [2.05, 4.69) is 15.3 Å². The summed E-state index contributed by atoms with van der Waals surface area (Å²) in [6.07, 6.45) is 3.56. The van der Waals surface area contributed by atoms with Crippen LogP contribution in [0.5, 0.6) is 0 Å². The van der Waals surface area contributed by atoms with Crippen molar-refractivity contribution in [2.45, 2.75) is 18.4 Å². The summed E-state index contributed by atoms with van der Waals surface area (Å²) in [5.74, 6) is 0.337. The van der Waals surface area contributed by atoms with Crippen molar-refractivity contribution in [3.8, 4) is 5.82 Å². The second-order valence-corrected chi connectivity index (χ2v) is 6.72. The van der Waals surface area contributed by atoms with Crippen LogP contribution in [0.25, 0.3) is 5.82 Å². The molecule has 0 aliphatic rings. The van der Waals surface area contributed by atoms with Gasteiger partial charge in [0.2, 0.25) is 0 Å². The van der Waals surface area contributed by atoms with Crippen LogP contribution in [-0.4, -0.2) is 44.1 Å². The second kappa shape index (κ2) is 7.57. The molecule has 0 saturated carbocycles. The summed E-state index contributed by atoms with van der Waals surface area (Å²) in [4.78, 5) is 26.8. The predicted octanol–water partition coefficient (Wildman–Crippen LogP) is 2.26. The third-order valence-electron chi connectivity index (χ3n) is 4.05. The fourth-order valence-corrected chi connectivity index (χ4v) is 3.00. The lowest BCUT2D eigenvalue weighted by atomic mass is 10.2. The van der Waals surface area contributed by atoms with Crippen LogP contribution < -0.4 is 5.56 Å². The fourth-order valence-electron chi connectivity index (χ4n) is 2.59. The Labute approximate surface area is 155 Å². The molecule has 7 nitrogen and oxygen atoms in total. The molecule has 0 aliphatic carbocycles. The summed E-state index contributed by atoms with van der Waals surface area (Å²) in [6, 6.07) is 11.1. The molecule has 0 unspecified atom stereocenters. The van der Waals surface area contributed by atoms with Crippen LogP contribution in [0.1, 0.15) is 21.6 Å². The summed E-state index contributed by atoms with van der Waals surface area (Å²) in [5.41, 5.74) is 1.94. The molecule has 0 spiro atoms. The highest BCUT2D eigenvalue weighted by Crippen LogP contribution is 2.17. The number of rotatable bonds is 5. The van der Waals surface area contributed by atoms with E-state index >= 15 is 0 Å². The number of nitrogens with one attached hydrogen (secondary N) is 1. The highest BCUT2D eigenvalue weighted by molar-refractivity contribution is 7.98. The Balaban J connectivity index is 1.78. The van der Waals surface area contributed by atoms with E-state index < -0.39 is 0 Å². The highest BCUT2D eigenvalue weighted by atomic mass is 32.2. The van der Waals surface area contributed by atoms with E-state index in [0.717, 1.165) is 5.56 Å². The third-order valence-corrected chi connectivity index (χ3v) is 4.79. The van der Waals surface area contributed by atoms with Crippen molar-refractivity contribution in [2.24, 2.45) is 0 Å². The highest BCUT2D eigenvalue weighted by Gasteiger charge is 2.19. The maximum Gasteiger partial charge on any atom is 0.264 e. The number of amides is 1. The molecule has 26 heavy (non-hydrogen) atoms. The van der Waals surface area contributed by atoms with Gasteiger partial charge in [0.1, 0.15) is 0 Å². The van der Waals surface area contributed by atoms with Gasteiger partial charge in [-0.15, -0.1) is 11.8 Å². The lowest BCUT2D eigenvalue weighted by Crippen LogP contribution is -2.26. The zero-order valence-corrected chi connectivity index (χ0v) is 15.6. The Bertz CT molecular complexity index is 957. The molecule has 134 valence electrons. The zero-order chi connectivity index (χ0) is 18.7. The Morgan fingerprint density at radius 3 is 2.58 bits per heavy atom. The van der Waals surface area contributed by atoms with E-state index in [9.17, 15) is 9.59 Å². The first kappa shape index (κ1) is 17.9. The van der Waals surface area contributed by atoms with Gasteiger partial charge in [0, 0.05) is 24.6 Å². The lowest BCUT2D eigenvalue weighted by molar-refractivity contribution is 0.0784. The van der Waals surface area contributed by atoms with Crippen molar-refractivity contribution < 1.29 is 4.79 Å². The van der Waals surface area contributed by atoms with Gasteiger partial charge in [-0.05, 0) is 36.9 Å². The maximum atomic E-state index is 12.8. The average Bonchev–Trinajstić information content (AvgIpc) is 3.03. The number of carbonyl (C=O) groups is 1. The van der Waals surface area contributed by atoms with Gasteiger partial charge < -0.3 is 4.90 Å². The smallest absolute Gasteiger partial charge is 0.264 e. The molecule has 0 atom stereocenters. The molecule has 2 heterocycles. The van der Waals surface area contributed by atoms with E-state index in [0.29, 0.717) is 23.6 Å². The van der Waals surface area contributed by atoms with Crippen LogP contribution in [0.15, 0.2) is 52.3 Å². The van der Waals surface area contributed by atoms with Crippen LogP contribution in [0, 0.1) is 6.92 Å². The molecule has 0 fully saturated rings. The number of H-pyrrole nitrogens is 1. The topological polar surface area (TPSA) is 83.9 Å². The van der Waals surface area contributed by atoms with E-state index in [-0.39, 0.29) is 11.5 Å². The number of hydrogen-bond acceptors (Lipinski definition) is 5. The monoisotopic (exact) mass is 369 g/mol. The Kier molecular flexibility index (Phi) is 5.22. The van der Waals surface area contributed by atoms with Gasteiger partial charge in [0.05, 0.1) is 17.5 Å². The average molecular weight is 369 g/mol. The number of thioether (sulfide) groups is 1. The second-order valence-electron chi connectivity index (χ2n) is 5.84. The van der Waals surface area contributed by atoms with E-state index in [1.807, 2.05) is 30.5 Å². The number of nitrogens with zero attached hydrogens (tertiary/aromatic N) is 4. The molecule has 3 rings (SSSR count). The van der Waals surface area contributed by atoms with Crippen molar-refractivity contribution >= 4 is 17.7 Å². The molecule has 0 bridgehead atoms. The molecule has 8 heteroatoms. The minimum Gasteiger partial charge on any atom is -0.337 e. The first-order valence-corrected chi connectivity index (χ1v) is 9.21. The van der Waals surface area contributed by atoms with Gasteiger partial charge in [0.15, 0.2) is 5.82 Å². The number of aromatic nitrogens is 4. The third kappa shape index (κ3) is 3.70. The lowest BCUT2D eigenvalue weighted by Gasteiger charge is -2.17. The van der Waals surface area contributed by atoms with Crippen LogP contribution in [0.3, 0.4) is 0 Å². The summed E-state index contributed by atoms with van der Waals surface area (Å²) >= 11 is 1.68. The van der Waals surface area contributed by atoms with Crippen LogP contribution in [-0.2, 0) is 6.54 Å². The zero-order valence-electron chi connectivity index (χ0n) is 14.8. The van der Waals surface area contributed by atoms with Crippen LogP contribution in [0.4, 0.5) is 0 Å². The molecule has 0 radical (unpaired) electrons. The van der Waals surface area contributed by atoms with Gasteiger partial charge in [-0.3, -0.25) is 9.59 Å². The van der Waals surface area contributed by atoms with E-state index in [4.69, 9.17) is 0 Å². The van der Waals surface area contributed by atoms with Crippen molar-refractivity contribution in [3.05, 3.63) is 69.8 Å². The molecule has 0 saturated heterocycles. The van der Waals surface area contributed by atoms with Crippen molar-refractivity contribution in [1.82, 2.24) is 24.9 Å². The summed E-state index contributed by atoms with van der Waals surface area (Å²) in [6.45, 7) is 2.31. The Morgan fingerprint density at radius 1 is 1.23 bits per heavy atom. The standard InChI is InChI=1S/C18H19N5O2S/c1-12-15(10-19-23(12)16-8-9-17(24)21-20-16)18(25)22(2)11-13-4-6-14(26-3)7-5-13/h4-10H,11H2,1-3H3,(H,21,24). The summed E-state index contributed by atoms with van der Waals surface area (Å²) in [5, 5.41) is 10.5. The van der Waals surface area contributed by atoms with Crippen molar-refractivity contribution in [1.29, 1.82) is 0 Å². The largest absolute Gasteiger partial charge is 0.337 e. The number of benzene rings is 1. The number of hydrogen-bond donors (Lipinski definition) is 1. The molecule has 3 aromatic rings. The van der Waals surface area contributed by atoms with Crippen LogP contribution in [0.2, 0.25) is 0 Å². The molecule has 1 amide bonds. The molecule has 0 aliphatic heterocycles. The molecular formula is C18H19N5O2S. The van der Waals surface area contributed by atoms with Gasteiger partial charge in [-0.1, -0.05) is 12.1 Å². The van der Waals surface area contributed by atoms with Gasteiger partial charge in [-0.2, -0.15) is 10.2 Å². The minimum atomic E-state index is -0.290. The quantitative estimate of drug-likeness (QED) is 0.698. The Morgan fingerprint density at radius 2 is 1.96 bits per heavy atom. The van der Waals surface area contributed by atoms with Crippen LogP contribution >= 0.6 is 11.8 Å². The van der Waals surface area contributed by atoms with E-state index in [1.54, 1.807) is 36.7 Å².